The molecule has 2 atom stereocenters. The third-order valence-electron chi connectivity index (χ3n) is 4.47. The van der Waals surface area contributed by atoms with Crippen LogP contribution in [0, 0.1) is 0 Å². The summed E-state index contributed by atoms with van der Waals surface area (Å²) in [5.41, 5.74) is 0.720. The van der Waals surface area contributed by atoms with Crippen LogP contribution in [0.3, 0.4) is 0 Å². The quantitative estimate of drug-likeness (QED) is 0.889. The maximum atomic E-state index is 12.3. The minimum absolute atomic E-state index is 0.203. The van der Waals surface area contributed by atoms with Crippen molar-refractivity contribution in [2.45, 2.75) is 64.6 Å². The molecule has 0 spiro atoms. The van der Waals surface area contributed by atoms with Gasteiger partial charge in [-0.1, -0.05) is 18.2 Å². The first-order chi connectivity index (χ1) is 11.8. The molecule has 140 valence electrons. The van der Waals surface area contributed by atoms with Gasteiger partial charge in [0.15, 0.2) is 0 Å². The summed E-state index contributed by atoms with van der Waals surface area (Å²) in [6.45, 7) is 9.36. The topological polar surface area (TPSA) is 50.8 Å². The summed E-state index contributed by atoms with van der Waals surface area (Å²) < 4.78 is 11.0. The molecule has 1 unspecified atom stereocenters. The highest BCUT2D eigenvalue weighted by atomic mass is 16.6. The molecule has 1 amide bonds. The van der Waals surface area contributed by atoms with Crippen LogP contribution in [0.25, 0.3) is 0 Å². The lowest BCUT2D eigenvalue weighted by Crippen LogP contribution is -2.38. The average Bonchev–Trinajstić information content (AvgIpc) is 2.79. The van der Waals surface area contributed by atoms with Crippen LogP contribution in [0.2, 0.25) is 0 Å². The van der Waals surface area contributed by atoms with Crippen molar-refractivity contribution in [2.24, 2.45) is 0 Å². The Bertz CT molecular complexity index is 568. The lowest BCUT2D eigenvalue weighted by Gasteiger charge is -2.27. The second kappa shape index (κ2) is 8.56. The van der Waals surface area contributed by atoms with E-state index in [0.717, 1.165) is 38.1 Å². The molecule has 1 saturated heterocycles. The van der Waals surface area contributed by atoms with E-state index in [1.54, 1.807) is 7.11 Å². The first kappa shape index (κ1) is 19.6. The summed E-state index contributed by atoms with van der Waals surface area (Å²) >= 11 is 0. The molecule has 1 aromatic carbocycles. The van der Waals surface area contributed by atoms with Crippen molar-refractivity contribution in [3.05, 3.63) is 29.8 Å². The van der Waals surface area contributed by atoms with Gasteiger partial charge in [-0.15, -0.1) is 0 Å². The van der Waals surface area contributed by atoms with E-state index in [2.05, 4.69) is 18.3 Å². The van der Waals surface area contributed by atoms with Gasteiger partial charge in [0.05, 0.1) is 7.11 Å². The highest BCUT2D eigenvalue weighted by molar-refractivity contribution is 5.68. The van der Waals surface area contributed by atoms with Gasteiger partial charge in [0.1, 0.15) is 11.4 Å². The van der Waals surface area contributed by atoms with Crippen molar-refractivity contribution < 1.29 is 14.3 Å². The van der Waals surface area contributed by atoms with E-state index in [1.165, 1.54) is 5.56 Å². The van der Waals surface area contributed by atoms with E-state index in [9.17, 15) is 4.79 Å². The van der Waals surface area contributed by atoms with E-state index in [4.69, 9.17) is 9.47 Å². The minimum Gasteiger partial charge on any atom is -0.496 e. The number of carbonyl (C=O) groups is 1. The van der Waals surface area contributed by atoms with Crippen LogP contribution in [0.4, 0.5) is 4.79 Å². The van der Waals surface area contributed by atoms with Crippen molar-refractivity contribution in [3.8, 4) is 5.75 Å². The molecule has 0 saturated carbocycles. The molecule has 1 aliphatic rings. The fourth-order valence-corrected chi connectivity index (χ4v) is 3.24. The normalized spacial score (nSPS) is 19.9. The molecule has 0 radical (unpaired) electrons. The number of carbonyl (C=O) groups excluding carboxylic acids is 1. The van der Waals surface area contributed by atoms with E-state index >= 15 is 0 Å². The summed E-state index contributed by atoms with van der Waals surface area (Å²) in [5.74, 6) is 0.909. The Morgan fingerprint density at radius 2 is 1.96 bits per heavy atom. The lowest BCUT2D eigenvalue weighted by atomic mass is 10.0. The second-order valence-corrected chi connectivity index (χ2v) is 7.73. The molecule has 0 aliphatic carbocycles. The number of rotatable bonds is 4. The van der Waals surface area contributed by atoms with Crippen LogP contribution < -0.4 is 10.1 Å². The molecule has 25 heavy (non-hydrogen) atoms. The van der Waals surface area contributed by atoms with Gasteiger partial charge in [-0.25, -0.2) is 4.79 Å². The van der Waals surface area contributed by atoms with Crippen LogP contribution in [0.15, 0.2) is 24.3 Å². The van der Waals surface area contributed by atoms with E-state index in [-0.39, 0.29) is 12.1 Å². The minimum atomic E-state index is -0.445. The number of nitrogens with zero attached hydrogens (tertiary/aromatic N) is 1. The number of amides is 1. The number of nitrogens with one attached hydrogen (secondary N) is 1. The van der Waals surface area contributed by atoms with Gasteiger partial charge in [-0.2, -0.15) is 0 Å². The van der Waals surface area contributed by atoms with Gasteiger partial charge in [-0.05, 0) is 53.0 Å². The van der Waals surface area contributed by atoms with Gasteiger partial charge in [0.2, 0.25) is 0 Å². The summed E-state index contributed by atoms with van der Waals surface area (Å²) in [7, 11) is 1.70. The fourth-order valence-electron chi connectivity index (χ4n) is 3.24. The van der Waals surface area contributed by atoms with Crippen LogP contribution >= 0.6 is 0 Å². The van der Waals surface area contributed by atoms with Crippen molar-refractivity contribution >= 4 is 6.09 Å². The molecule has 0 aromatic heterocycles. The third kappa shape index (κ3) is 5.92. The molecule has 1 N–H and O–H groups in total. The Hall–Kier alpha value is -1.75. The third-order valence-corrected chi connectivity index (χ3v) is 4.47. The fraction of sp³-hybridized carbons (Fsp3) is 0.650. The van der Waals surface area contributed by atoms with Gasteiger partial charge < -0.3 is 19.7 Å². The molecule has 1 fully saturated rings. The lowest BCUT2D eigenvalue weighted by molar-refractivity contribution is 0.0256. The first-order valence-electron chi connectivity index (χ1n) is 9.17. The predicted octanol–water partition coefficient (Wildman–Crippen LogP) is 4.14. The van der Waals surface area contributed by atoms with Crippen molar-refractivity contribution in [1.82, 2.24) is 10.2 Å². The van der Waals surface area contributed by atoms with Crippen LogP contribution in [-0.2, 0) is 4.74 Å². The van der Waals surface area contributed by atoms with Crippen LogP contribution in [0.1, 0.15) is 58.6 Å². The van der Waals surface area contributed by atoms with Crippen molar-refractivity contribution in [3.63, 3.8) is 0 Å². The van der Waals surface area contributed by atoms with Crippen LogP contribution in [-0.4, -0.2) is 42.8 Å². The summed E-state index contributed by atoms with van der Waals surface area (Å²) in [4.78, 5) is 14.1. The summed E-state index contributed by atoms with van der Waals surface area (Å²) in [6.07, 6.45) is 2.76. The molecule has 1 aromatic rings. The Labute approximate surface area is 151 Å². The average molecular weight is 348 g/mol. The molecular formula is C20H32N2O3. The van der Waals surface area contributed by atoms with Crippen molar-refractivity contribution in [1.29, 1.82) is 0 Å². The van der Waals surface area contributed by atoms with E-state index in [0.29, 0.717) is 6.04 Å². The number of para-hydroxylation sites is 1. The maximum Gasteiger partial charge on any atom is 0.410 e. The second-order valence-electron chi connectivity index (χ2n) is 7.73. The molecule has 5 heteroatoms. The number of methoxy groups -OCH3 is 1. The Kier molecular flexibility index (Phi) is 6.71. The molecular weight excluding hydrogens is 316 g/mol. The van der Waals surface area contributed by atoms with E-state index in [1.807, 2.05) is 43.9 Å². The van der Waals surface area contributed by atoms with Gasteiger partial charge in [0.25, 0.3) is 0 Å². The van der Waals surface area contributed by atoms with Crippen molar-refractivity contribution in [2.75, 3.05) is 20.2 Å². The zero-order valence-corrected chi connectivity index (χ0v) is 16.2. The number of benzene rings is 1. The maximum absolute atomic E-state index is 12.3. The molecule has 0 bridgehead atoms. The Balaban J connectivity index is 1.91. The number of hydrogen-bond acceptors (Lipinski definition) is 4. The number of hydrogen-bond donors (Lipinski definition) is 1. The monoisotopic (exact) mass is 348 g/mol. The SMILES string of the molecule is COc1ccccc1[C@H](C)NC1CCCN(C(=O)OC(C)(C)C)CC1. The first-order valence-corrected chi connectivity index (χ1v) is 9.17. The number of likely N-dealkylation sites (tertiary alicyclic amines) is 1. The molecule has 5 nitrogen and oxygen atoms in total. The van der Waals surface area contributed by atoms with Gasteiger partial charge in [-0.3, -0.25) is 0 Å². The Morgan fingerprint density at radius 3 is 2.64 bits per heavy atom. The molecule has 2 rings (SSSR count). The highest BCUT2D eigenvalue weighted by Gasteiger charge is 2.26. The summed E-state index contributed by atoms with van der Waals surface area (Å²) in [5, 5.41) is 3.70. The Morgan fingerprint density at radius 1 is 1.24 bits per heavy atom. The highest BCUT2D eigenvalue weighted by Crippen LogP contribution is 2.26. The largest absolute Gasteiger partial charge is 0.496 e. The van der Waals surface area contributed by atoms with Gasteiger partial charge >= 0.3 is 6.09 Å². The zero-order chi connectivity index (χ0) is 18.4. The zero-order valence-electron chi connectivity index (χ0n) is 16.2. The molecule has 1 heterocycles. The smallest absolute Gasteiger partial charge is 0.410 e. The van der Waals surface area contributed by atoms with Gasteiger partial charge in [0, 0.05) is 30.7 Å². The predicted molar refractivity (Wildman–Crippen MR) is 100.0 cm³/mol. The summed E-state index contributed by atoms with van der Waals surface area (Å²) in [6, 6.07) is 8.69. The van der Waals surface area contributed by atoms with E-state index < -0.39 is 5.60 Å². The van der Waals surface area contributed by atoms with Crippen LogP contribution in [0.5, 0.6) is 5.75 Å². The standard InChI is InChI=1S/C20H32N2O3/c1-15(17-10-6-7-11-18(17)24-5)21-16-9-8-13-22(14-12-16)19(23)25-20(2,3)4/h6-7,10-11,15-16,21H,8-9,12-14H2,1-5H3/t15-,16?/m0/s1. The number of ether oxygens (including phenoxy) is 2. The molecule has 1 aliphatic heterocycles.